The Bertz CT molecular complexity index is 579. The van der Waals surface area contributed by atoms with Crippen molar-refractivity contribution >= 4 is 11.7 Å². The summed E-state index contributed by atoms with van der Waals surface area (Å²) in [5, 5.41) is 11.0. The molecule has 0 saturated heterocycles. The topological polar surface area (TPSA) is 87.9 Å². The number of nitrogens with zero attached hydrogens (tertiary/aromatic N) is 1. The van der Waals surface area contributed by atoms with Crippen molar-refractivity contribution < 1.29 is 23.9 Å². The zero-order valence-electron chi connectivity index (χ0n) is 14.8. The van der Waals surface area contributed by atoms with Gasteiger partial charge in [0.15, 0.2) is 5.75 Å². The summed E-state index contributed by atoms with van der Waals surface area (Å²) in [5.41, 5.74) is 0.0760. The SMILES string of the molecule is COc1ccc(COC[C@@H](C)CC(=O)OC(C)(C)C)cc1[N+](=O)[O-]. The summed E-state index contributed by atoms with van der Waals surface area (Å²) < 4.78 is 15.8. The zero-order valence-corrected chi connectivity index (χ0v) is 14.8. The van der Waals surface area contributed by atoms with Gasteiger partial charge in [-0.05, 0) is 38.3 Å². The van der Waals surface area contributed by atoms with Crippen LogP contribution in [0.2, 0.25) is 0 Å². The van der Waals surface area contributed by atoms with Crippen molar-refractivity contribution in [2.24, 2.45) is 5.92 Å². The van der Waals surface area contributed by atoms with E-state index >= 15 is 0 Å². The van der Waals surface area contributed by atoms with Crippen LogP contribution in [0.15, 0.2) is 18.2 Å². The zero-order chi connectivity index (χ0) is 18.3. The molecule has 0 fully saturated rings. The first-order valence-corrected chi connectivity index (χ1v) is 7.73. The third-order valence-corrected chi connectivity index (χ3v) is 3.05. The second-order valence-corrected chi connectivity index (χ2v) is 6.67. The molecule has 0 saturated carbocycles. The van der Waals surface area contributed by atoms with E-state index < -0.39 is 10.5 Å². The molecular weight excluding hydrogens is 314 g/mol. The van der Waals surface area contributed by atoms with Crippen molar-refractivity contribution in [2.45, 2.75) is 46.3 Å². The van der Waals surface area contributed by atoms with Crippen LogP contribution in [-0.4, -0.2) is 30.2 Å². The number of benzene rings is 1. The van der Waals surface area contributed by atoms with Crippen molar-refractivity contribution in [2.75, 3.05) is 13.7 Å². The summed E-state index contributed by atoms with van der Waals surface area (Å²) in [7, 11) is 1.39. The minimum Gasteiger partial charge on any atom is -0.490 e. The Morgan fingerprint density at radius 3 is 2.54 bits per heavy atom. The molecule has 1 atom stereocenters. The monoisotopic (exact) mass is 339 g/mol. The lowest BCUT2D eigenvalue weighted by Crippen LogP contribution is -2.25. The number of nitro benzene ring substituents is 1. The molecule has 1 aromatic carbocycles. The fraction of sp³-hybridized carbons (Fsp3) is 0.588. The van der Waals surface area contributed by atoms with Crippen molar-refractivity contribution in [3.05, 3.63) is 33.9 Å². The predicted octanol–water partition coefficient (Wildman–Crippen LogP) is 3.49. The molecule has 0 N–H and O–H groups in total. The number of hydrogen-bond donors (Lipinski definition) is 0. The second kappa shape index (κ2) is 8.63. The summed E-state index contributed by atoms with van der Waals surface area (Å²) >= 11 is 0. The molecule has 0 unspecified atom stereocenters. The van der Waals surface area contributed by atoms with Crippen LogP contribution in [0.1, 0.15) is 39.7 Å². The second-order valence-electron chi connectivity index (χ2n) is 6.67. The summed E-state index contributed by atoms with van der Waals surface area (Å²) in [6, 6.07) is 4.68. The highest BCUT2D eigenvalue weighted by Crippen LogP contribution is 2.27. The van der Waals surface area contributed by atoms with Crippen molar-refractivity contribution in [3.63, 3.8) is 0 Å². The van der Waals surface area contributed by atoms with E-state index in [4.69, 9.17) is 14.2 Å². The van der Waals surface area contributed by atoms with Crippen molar-refractivity contribution in [1.29, 1.82) is 0 Å². The van der Waals surface area contributed by atoms with E-state index in [9.17, 15) is 14.9 Å². The van der Waals surface area contributed by atoms with Crippen LogP contribution in [0, 0.1) is 16.0 Å². The molecule has 0 heterocycles. The van der Waals surface area contributed by atoms with Crippen LogP contribution in [0.5, 0.6) is 5.75 Å². The van der Waals surface area contributed by atoms with Gasteiger partial charge < -0.3 is 14.2 Å². The molecule has 1 rings (SSSR count). The van der Waals surface area contributed by atoms with Crippen LogP contribution < -0.4 is 4.74 Å². The van der Waals surface area contributed by atoms with Crippen molar-refractivity contribution in [3.8, 4) is 5.75 Å². The minimum absolute atomic E-state index is 0.00640. The standard InChI is InChI=1S/C17H25NO6/c1-12(8-16(19)24-17(2,3)4)10-23-11-13-6-7-15(22-5)14(9-13)18(20)21/h6-7,9,12H,8,10-11H2,1-5H3/t12-/m0/s1. The van der Waals surface area contributed by atoms with Gasteiger partial charge in [0.25, 0.3) is 0 Å². The summed E-state index contributed by atoms with van der Waals surface area (Å²) in [6.07, 6.45) is 0.264. The molecule has 7 heteroatoms. The average molecular weight is 339 g/mol. The van der Waals surface area contributed by atoms with E-state index in [2.05, 4.69) is 0 Å². The average Bonchev–Trinajstić information content (AvgIpc) is 2.44. The lowest BCUT2D eigenvalue weighted by Gasteiger charge is -2.21. The molecule has 0 bridgehead atoms. The molecular formula is C17H25NO6. The van der Waals surface area contributed by atoms with Gasteiger partial charge in [-0.25, -0.2) is 0 Å². The third-order valence-electron chi connectivity index (χ3n) is 3.05. The van der Waals surface area contributed by atoms with Gasteiger partial charge in [0.2, 0.25) is 0 Å². The largest absolute Gasteiger partial charge is 0.490 e. The van der Waals surface area contributed by atoms with Crippen LogP contribution in [-0.2, 0) is 20.9 Å². The third kappa shape index (κ3) is 6.95. The van der Waals surface area contributed by atoms with E-state index in [0.717, 1.165) is 0 Å². The molecule has 0 aliphatic heterocycles. The van der Waals surface area contributed by atoms with Crippen LogP contribution in [0.3, 0.4) is 0 Å². The smallest absolute Gasteiger partial charge is 0.311 e. The summed E-state index contributed by atoms with van der Waals surface area (Å²) in [4.78, 5) is 22.2. The summed E-state index contributed by atoms with van der Waals surface area (Å²) in [5.74, 6) is -0.0613. The van der Waals surface area contributed by atoms with Crippen LogP contribution in [0.25, 0.3) is 0 Å². The van der Waals surface area contributed by atoms with Crippen LogP contribution >= 0.6 is 0 Å². The van der Waals surface area contributed by atoms with Gasteiger partial charge in [-0.2, -0.15) is 0 Å². The maximum Gasteiger partial charge on any atom is 0.311 e. The fourth-order valence-corrected chi connectivity index (χ4v) is 2.07. The van der Waals surface area contributed by atoms with Crippen molar-refractivity contribution in [1.82, 2.24) is 0 Å². The molecule has 0 spiro atoms. The highest BCUT2D eigenvalue weighted by molar-refractivity contribution is 5.70. The highest BCUT2D eigenvalue weighted by Gasteiger charge is 2.19. The first-order chi connectivity index (χ1) is 11.1. The maximum atomic E-state index is 11.7. The normalized spacial score (nSPS) is 12.5. The number of hydrogen-bond acceptors (Lipinski definition) is 6. The Balaban J connectivity index is 2.48. The number of methoxy groups -OCH3 is 1. The maximum absolute atomic E-state index is 11.7. The molecule has 1 aromatic rings. The molecule has 0 radical (unpaired) electrons. The molecule has 0 amide bonds. The number of carbonyl (C=O) groups is 1. The Morgan fingerprint density at radius 1 is 1.33 bits per heavy atom. The number of nitro groups is 1. The Morgan fingerprint density at radius 2 is 2.00 bits per heavy atom. The quantitative estimate of drug-likeness (QED) is 0.409. The fourth-order valence-electron chi connectivity index (χ4n) is 2.07. The molecule has 7 nitrogen and oxygen atoms in total. The van der Waals surface area contributed by atoms with E-state index in [1.807, 2.05) is 27.7 Å². The molecule has 24 heavy (non-hydrogen) atoms. The molecule has 0 aromatic heterocycles. The van der Waals surface area contributed by atoms with Gasteiger partial charge in [-0.1, -0.05) is 13.0 Å². The van der Waals surface area contributed by atoms with E-state index in [1.165, 1.54) is 13.2 Å². The lowest BCUT2D eigenvalue weighted by atomic mass is 10.1. The minimum atomic E-state index is -0.500. The van der Waals surface area contributed by atoms with Gasteiger partial charge >= 0.3 is 11.7 Å². The Kier molecular flexibility index (Phi) is 7.16. The molecule has 0 aliphatic carbocycles. The van der Waals surface area contributed by atoms with E-state index in [-0.39, 0.29) is 36.4 Å². The number of ether oxygens (including phenoxy) is 3. The number of rotatable bonds is 8. The van der Waals surface area contributed by atoms with E-state index in [1.54, 1.807) is 12.1 Å². The first kappa shape index (κ1) is 19.9. The highest BCUT2D eigenvalue weighted by atomic mass is 16.6. The Labute approximate surface area is 142 Å². The molecule has 134 valence electrons. The van der Waals surface area contributed by atoms with Gasteiger partial charge in [-0.15, -0.1) is 0 Å². The predicted molar refractivity (Wildman–Crippen MR) is 88.9 cm³/mol. The van der Waals surface area contributed by atoms with Crippen LogP contribution in [0.4, 0.5) is 5.69 Å². The van der Waals surface area contributed by atoms with Gasteiger partial charge in [0, 0.05) is 6.07 Å². The van der Waals surface area contributed by atoms with Gasteiger partial charge in [0.1, 0.15) is 5.60 Å². The number of esters is 1. The van der Waals surface area contributed by atoms with Gasteiger partial charge in [0.05, 0.1) is 31.7 Å². The van der Waals surface area contributed by atoms with E-state index in [0.29, 0.717) is 12.2 Å². The Hall–Kier alpha value is -2.15. The lowest BCUT2D eigenvalue weighted by molar-refractivity contribution is -0.385. The van der Waals surface area contributed by atoms with Gasteiger partial charge in [-0.3, -0.25) is 14.9 Å². The number of carbonyl (C=O) groups excluding carboxylic acids is 1. The molecule has 0 aliphatic rings. The first-order valence-electron chi connectivity index (χ1n) is 7.73. The summed E-state index contributed by atoms with van der Waals surface area (Å²) in [6.45, 7) is 7.94.